The van der Waals surface area contributed by atoms with Gasteiger partial charge in [0, 0.05) is 12.5 Å². The Morgan fingerprint density at radius 3 is 2.68 bits per heavy atom. The molecule has 3 aromatic rings. The lowest BCUT2D eigenvalue weighted by Crippen LogP contribution is -2.32. The van der Waals surface area contributed by atoms with Crippen LogP contribution in [-0.4, -0.2) is 41.3 Å². The van der Waals surface area contributed by atoms with E-state index in [1.54, 1.807) is 16.8 Å². The number of fused-ring (bicyclic) bond motifs is 1. The fraction of sp³-hybridized carbons (Fsp3) is 0.409. The van der Waals surface area contributed by atoms with Crippen molar-refractivity contribution in [2.75, 3.05) is 0 Å². The van der Waals surface area contributed by atoms with Crippen molar-refractivity contribution in [2.45, 2.75) is 52.6 Å². The summed E-state index contributed by atoms with van der Waals surface area (Å²) in [4.78, 5) is 35.6. The first-order valence-corrected chi connectivity index (χ1v) is 12.8. The summed E-state index contributed by atoms with van der Waals surface area (Å²) < 4.78 is 1.41. The predicted octanol–water partition coefficient (Wildman–Crippen LogP) is 4.78. The van der Waals surface area contributed by atoms with Crippen LogP contribution in [0.5, 0.6) is 0 Å². The van der Waals surface area contributed by atoms with Gasteiger partial charge in [0.15, 0.2) is 0 Å². The second kappa shape index (κ2) is 8.84. The number of carbonyl (C=O) groups is 1. The second-order valence-corrected chi connectivity index (χ2v) is 10.1. The van der Waals surface area contributed by atoms with E-state index in [4.69, 9.17) is 5.10 Å². The Balaban J connectivity index is 1.62. The molecule has 0 spiro atoms. The summed E-state index contributed by atoms with van der Waals surface area (Å²) in [6.07, 6.45) is 6.11. The Bertz CT molecular complexity index is 1340. The van der Waals surface area contributed by atoms with E-state index in [1.807, 2.05) is 26.3 Å². The highest BCUT2D eigenvalue weighted by Crippen LogP contribution is 2.47. The lowest BCUT2D eigenvalue weighted by Gasteiger charge is -2.28. The van der Waals surface area contributed by atoms with Crippen molar-refractivity contribution in [3.63, 3.8) is 0 Å². The Morgan fingerprint density at radius 1 is 1.26 bits per heavy atom. The molecule has 0 aromatic carbocycles. The summed E-state index contributed by atoms with van der Waals surface area (Å²) in [5.41, 5.74) is 6.83. The number of nitrogens with zero attached hydrogens (tertiary/aromatic N) is 7. The summed E-state index contributed by atoms with van der Waals surface area (Å²) in [6.45, 7) is 6.13. The van der Waals surface area contributed by atoms with Gasteiger partial charge in [-0.2, -0.15) is 10.2 Å². The SMILES string of the molecule is CCn1cc([N+](=O)[O-])c(C(=O)N2N=C3/C(=C/c4scnc4C)CCC[C@H]3[C@H]2c2scnc2C)n1. The number of hydrogen-bond acceptors (Lipinski definition) is 9. The maximum atomic E-state index is 13.7. The fourth-order valence-electron chi connectivity index (χ4n) is 4.59. The van der Waals surface area contributed by atoms with Gasteiger partial charge in [-0.15, -0.1) is 22.7 Å². The highest BCUT2D eigenvalue weighted by atomic mass is 32.1. The third-order valence-corrected chi connectivity index (χ3v) is 8.19. The van der Waals surface area contributed by atoms with Crippen LogP contribution in [0, 0.1) is 29.9 Å². The zero-order chi connectivity index (χ0) is 24.0. The molecule has 10 nitrogen and oxygen atoms in total. The number of aromatic nitrogens is 4. The topological polar surface area (TPSA) is 119 Å². The molecule has 1 aliphatic heterocycles. The summed E-state index contributed by atoms with van der Waals surface area (Å²) in [5.74, 6) is -0.574. The molecule has 1 amide bonds. The molecule has 4 heterocycles. The number of hydrazone groups is 1. The number of thiazole rings is 2. The van der Waals surface area contributed by atoms with Crippen molar-refractivity contribution < 1.29 is 9.72 Å². The van der Waals surface area contributed by atoms with Crippen LogP contribution in [0.4, 0.5) is 5.69 Å². The molecule has 1 aliphatic carbocycles. The summed E-state index contributed by atoms with van der Waals surface area (Å²) >= 11 is 3.06. The Morgan fingerprint density at radius 2 is 2.03 bits per heavy atom. The van der Waals surface area contributed by atoms with Crippen LogP contribution in [0.15, 0.2) is 27.9 Å². The first kappa shape index (κ1) is 22.5. The fourth-order valence-corrected chi connectivity index (χ4v) is 6.30. The largest absolute Gasteiger partial charge is 0.320 e. The Kier molecular flexibility index (Phi) is 5.86. The van der Waals surface area contributed by atoms with Crippen LogP contribution in [0.25, 0.3) is 6.08 Å². The molecule has 5 rings (SSSR count). The first-order valence-electron chi connectivity index (χ1n) is 11.0. The predicted molar refractivity (Wildman–Crippen MR) is 130 cm³/mol. The zero-order valence-corrected chi connectivity index (χ0v) is 20.6. The van der Waals surface area contributed by atoms with Crippen LogP contribution in [0.1, 0.15) is 63.9 Å². The third kappa shape index (κ3) is 3.76. The molecule has 12 heteroatoms. The number of amides is 1. The minimum atomic E-state index is -0.563. The van der Waals surface area contributed by atoms with Gasteiger partial charge in [0.2, 0.25) is 5.69 Å². The van der Waals surface area contributed by atoms with E-state index in [2.05, 4.69) is 21.1 Å². The van der Waals surface area contributed by atoms with Crippen molar-refractivity contribution in [1.82, 2.24) is 24.8 Å². The molecular formula is C22H23N7O3S2. The van der Waals surface area contributed by atoms with Gasteiger partial charge in [-0.25, -0.2) is 15.0 Å². The smallest absolute Gasteiger partial charge is 0.265 e. The lowest BCUT2D eigenvalue weighted by molar-refractivity contribution is -0.385. The monoisotopic (exact) mass is 497 g/mol. The van der Waals surface area contributed by atoms with Crippen molar-refractivity contribution in [2.24, 2.45) is 11.0 Å². The molecular weight excluding hydrogens is 474 g/mol. The van der Waals surface area contributed by atoms with Crippen molar-refractivity contribution in [3.05, 3.63) is 59.7 Å². The molecule has 2 aliphatic rings. The minimum Gasteiger partial charge on any atom is -0.265 e. The highest BCUT2D eigenvalue weighted by Gasteiger charge is 2.47. The zero-order valence-electron chi connectivity index (χ0n) is 19.0. The summed E-state index contributed by atoms with van der Waals surface area (Å²) in [7, 11) is 0. The molecule has 3 aromatic heterocycles. The molecule has 1 fully saturated rings. The average molecular weight is 498 g/mol. The molecule has 0 N–H and O–H groups in total. The molecule has 0 saturated heterocycles. The van der Waals surface area contributed by atoms with Gasteiger partial charge in [-0.1, -0.05) is 0 Å². The number of allylic oxidation sites excluding steroid dienone is 1. The maximum Gasteiger partial charge on any atom is 0.320 e. The van der Waals surface area contributed by atoms with E-state index in [0.717, 1.165) is 51.7 Å². The molecule has 1 saturated carbocycles. The van der Waals surface area contributed by atoms with E-state index in [9.17, 15) is 14.9 Å². The van der Waals surface area contributed by atoms with Crippen molar-refractivity contribution in [1.29, 1.82) is 0 Å². The summed E-state index contributed by atoms with van der Waals surface area (Å²) in [6, 6.07) is -0.368. The van der Waals surface area contributed by atoms with Gasteiger partial charge in [-0.3, -0.25) is 19.6 Å². The summed E-state index contributed by atoms with van der Waals surface area (Å²) in [5, 5.41) is 22.1. The molecule has 34 heavy (non-hydrogen) atoms. The standard InChI is InChI=1S/C22H23N7O3S2/c1-4-27-9-16(29(31)32)19(25-27)22(30)28-20(21-13(3)24-11-34-21)15-7-5-6-14(18(15)26-28)8-17-12(2)23-10-33-17/h8-11,15,20H,4-7H2,1-3H3/b14-8+/t15-,20+/m1/s1. The van der Waals surface area contributed by atoms with E-state index in [0.29, 0.717) is 6.54 Å². The minimum absolute atomic E-state index is 0.0105. The van der Waals surface area contributed by atoms with Crippen LogP contribution in [0.3, 0.4) is 0 Å². The first-order chi connectivity index (χ1) is 16.4. The quantitative estimate of drug-likeness (QED) is 0.370. The van der Waals surface area contributed by atoms with Gasteiger partial charge in [0.05, 0.1) is 42.8 Å². The van der Waals surface area contributed by atoms with Gasteiger partial charge in [0.1, 0.15) is 12.2 Å². The number of aryl methyl sites for hydroxylation is 3. The maximum absolute atomic E-state index is 13.7. The molecule has 0 bridgehead atoms. The van der Waals surface area contributed by atoms with Crippen LogP contribution >= 0.6 is 22.7 Å². The molecule has 2 atom stereocenters. The number of rotatable bonds is 5. The second-order valence-electron chi connectivity index (χ2n) is 8.33. The Labute approximate surface area is 203 Å². The molecule has 0 unspecified atom stereocenters. The van der Waals surface area contributed by atoms with Crippen LogP contribution < -0.4 is 0 Å². The normalized spacial score (nSPS) is 21.1. The highest BCUT2D eigenvalue weighted by molar-refractivity contribution is 7.10. The molecule has 0 radical (unpaired) electrons. The van der Waals surface area contributed by atoms with E-state index in [-0.39, 0.29) is 23.3 Å². The van der Waals surface area contributed by atoms with Crippen molar-refractivity contribution in [3.8, 4) is 0 Å². The lowest BCUT2D eigenvalue weighted by atomic mass is 9.79. The van der Waals surface area contributed by atoms with E-state index in [1.165, 1.54) is 27.2 Å². The number of hydrogen-bond donors (Lipinski definition) is 0. The van der Waals surface area contributed by atoms with Gasteiger partial charge in [-0.05, 0) is 51.7 Å². The number of carbonyl (C=O) groups excluding carboxylic acids is 1. The Hall–Kier alpha value is -3.25. The van der Waals surface area contributed by atoms with Gasteiger partial charge >= 0.3 is 11.6 Å². The van der Waals surface area contributed by atoms with Crippen LogP contribution in [-0.2, 0) is 6.54 Å². The average Bonchev–Trinajstić information content (AvgIpc) is 3.59. The van der Waals surface area contributed by atoms with Gasteiger partial charge < -0.3 is 0 Å². The van der Waals surface area contributed by atoms with E-state index >= 15 is 0 Å². The van der Waals surface area contributed by atoms with Crippen LogP contribution in [0.2, 0.25) is 0 Å². The van der Waals surface area contributed by atoms with Gasteiger partial charge in [0.25, 0.3) is 0 Å². The number of nitro groups is 1. The van der Waals surface area contributed by atoms with Crippen molar-refractivity contribution >= 4 is 46.1 Å². The third-order valence-electron chi connectivity index (χ3n) is 6.31. The molecule has 176 valence electrons. The van der Waals surface area contributed by atoms with E-state index < -0.39 is 10.8 Å².